The third-order valence-corrected chi connectivity index (χ3v) is 3.77. The monoisotopic (exact) mass is 287 g/mol. The minimum Gasteiger partial charge on any atom is -0.340 e. The van der Waals surface area contributed by atoms with Crippen molar-refractivity contribution >= 4 is 5.91 Å². The number of amides is 1. The molecule has 0 spiro atoms. The molecule has 0 radical (unpaired) electrons. The summed E-state index contributed by atoms with van der Waals surface area (Å²) < 4.78 is 1.63. The van der Waals surface area contributed by atoms with E-state index in [4.69, 9.17) is 0 Å². The summed E-state index contributed by atoms with van der Waals surface area (Å²) in [5, 5.41) is 4.05. The lowest BCUT2D eigenvalue weighted by Crippen LogP contribution is -2.41. The van der Waals surface area contributed by atoms with Crippen molar-refractivity contribution in [1.29, 1.82) is 0 Å². The molecular formula is C14H17N5O2. The zero-order valence-electron chi connectivity index (χ0n) is 11.6. The molecular weight excluding hydrogens is 270 g/mol. The van der Waals surface area contributed by atoms with Crippen molar-refractivity contribution in [2.45, 2.75) is 25.3 Å². The standard InChI is InChI=1S/C14H17N5O2/c20-13(10-19-8-2-5-16-19)18-7-1-3-11(9-18)12-4-6-15-14(21)17-12/h2,4-6,8,11H,1,3,7,9-10H2,(H,15,17,21)/t11-/m1/s1. The highest BCUT2D eigenvalue weighted by atomic mass is 16.2. The molecule has 7 nitrogen and oxygen atoms in total. The lowest BCUT2D eigenvalue weighted by atomic mass is 9.94. The Morgan fingerprint density at radius 1 is 1.43 bits per heavy atom. The Balaban J connectivity index is 1.68. The summed E-state index contributed by atoms with van der Waals surface area (Å²) in [5.41, 5.74) is 0.513. The zero-order chi connectivity index (χ0) is 14.7. The van der Waals surface area contributed by atoms with Gasteiger partial charge in [-0.3, -0.25) is 9.48 Å². The van der Waals surface area contributed by atoms with Crippen LogP contribution in [0.2, 0.25) is 0 Å². The fraction of sp³-hybridized carbons (Fsp3) is 0.429. The Kier molecular flexibility index (Phi) is 3.81. The number of carbonyl (C=O) groups is 1. The van der Waals surface area contributed by atoms with Crippen molar-refractivity contribution in [3.63, 3.8) is 0 Å². The Labute approximate surface area is 121 Å². The molecule has 1 fully saturated rings. The quantitative estimate of drug-likeness (QED) is 0.884. The molecule has 21 heavy (non-hydrogen) atoms. The number of nitrogens with one attached hydrogen (secondary N) is 1. The predicted molar refractivity (Wildman–Crippen MR) is 75.6 cm³/mol. The molecule has 1 aliphatic rings. The Bertz CT molecular complexity index is 664. The first-order chi connectivity index (χ1) is 10.2. The second-order valence-electron chi connectivity index (χ2n) is 5.21. The van der Waals surface area contributed by atoms with Gasteiger partial charge in [0.1, 0.15) is 6.54 Å². The maximum Gasteiger partial charge on any atom is 0.345 e. The molecule has 0 saturated carbocycles. The molecule has 3 heterocycles. The van der Waals surface area contributed by atoms with Gasteiger partial charge in [0.05, 0.1) is 0 Å². The summed E-state index contributed by atoms with van der Waals surface area (Å²) in [6.07, 6.45) is 6.84. The van der Waals surface area contributed by atoms with E-state index in [0.29, 0.717) is 6.54 Å². The number of likely N-dealkylation sites (tertiary alicyclic amines) is 1. The molecule has 0 aliphatic carbocycles. The van der Waals surface area contributed by atoms with E-state index >= 15 is 0 Å². The van der Waals surface area contributed by atoms with Gasteiger partial charge in [-0.1, -0.05) is 0 Å². The van der Waals surface area contributed by atoms with Crippen molar-refractivity contribution in [3.8, 4) is 0 Å². The molecule has 1 aliphatic heterocycles. The fourth-order valence-corrected chi connectivity index (χ4v) is 2.71. The fourth-order valence-electron chi connectivity index (χ4n) is 2.71. The van der Waals surface area contributed by atoms with Crippen LogP contribution in [0.15, 0.2) is 35.5 Å². The molecule has 0 aromatic carbocycles. The number of carbonyl (C=O) groups excluding carboxylic acids is 1. The minimum atomic E-state index is -0.340. The van der Waals surface area contributed by atoms with E-state index in [0.717, 1.165) is 25.1 Å². The number of rotatable bonds is 3. The second kappa shape index (κ2) is 5.90. The highest BCUT2D eigenvalue weighted by Crippen LogP contribution is 2.24. The van der Waals surface area contributed by atoms with Gasteiger partial charge in [-0.05, 0) is 25.0 Å². The molecule has 2 aromatic rings. The summed E-state index contributed by atoms with van der Waals surface area (Å²) >= 11 is 0. The highest BCUT2D eigenvalue weighted by Gasteiger charge is 2.25. The highest BCUT2D eigenvalue weighted by molar-refractivity contribution is 5.76. The first kappa shape index (κ1) is 13.5. The molecule has 3 rings (SSSR count). The predicted octanol–water partition coefficient (Wildman–Crippen LogP) is 0.373. The van der Waals surface area contributed by atoms with E-state index in [2.05, 4.69) is 15.1 Å². The van der Waals surface area contributed by atoms with Crippen LogP contribution in [0, 0.1) is 0 Å². The SMILES string of the molecule is O=C(Cn1cccn1)N1CCC[C@@H](c2ccnc(=O)[nH]2)C1. The van der Waals surface area contributed by atoms with E-state index < -0.39 is 0 Å². The summed E-state index contributed by atoms with van der Waals surface area (Å²) in [6, 6.07) is 3.61. The van der Waals surface area contributed by atoms with Crippen LogP contribution in [0.4, 0.5) is 0 Å². The van der Waals surface area contributed by atoms with Crippen LogP contribution in [-0.2, 0) is 11.3 Å². The van der Waals surface area contributed by atoms with Crippen LogP contribution >= 0.6 is 0 Å². The normalized spacial score (nSPS) is 18.7. The van der Waals surface area contributed by atoms with Gasteiger partial charge in [-0.2, -0.15) is 5.10 Å². The van der Waals surface area contributed by atoms with E-state index in [-0.39, 0.29) is 24.1 Å². The van der Waals surface area contributed by atoms with E-state index in [9.17, 15) is 9.59 Å². The van der Waals surface area contributed by atoms with Crippen LogP contribution in [0.25, 0.3) is 0 Å². The van der Waals surface area contributed by atoms with E-state index in [1.807, 2.05) is 11.0 Å². The molecule has 2 aromatic heterocycles. The summed E-state index contributed by atoms with van der Waals surface area (Å²) in [7, 11) is 0. The molecule has 1 atom stereocenters. The number of H-pyrrole nitrogens is 1. The largest absolute Gasteiger partial charge is 0.345 e. The van der Waals surface area contributed by atoms with Crippen molar-refractivity contribution < 1.29 is 4.79 Å². The van der Waals surface area contributed by atoms with Gasteiger partial charge in [0.15, 0.2) is 0 Å². The zero-order valence-corrected chi connectivity index (χ0v) is 11.6. The number of hydrogen-bond acceptors (Lipinski definition) is 4. The Morgan fingerprint density at radius 3 is 3.10 bits per heavy atom. The topological polar surface area (TPSA) is 83.9 Å². The van der Waals surface area contributed by atoms with Gasteiger partial charge < -0.3 is 9.88 Å². The molecule has 1 amide bonds. The Hall–Kier alpha value is -2.44. The Morgan fingerprint density at radius 2 is 2.33 bits per heavy atom. The minimum absolute atomic E-state index is 0.0554. The second-order valence-corrected chi connectivity index (χ2v) is 5.21. The summed E-state index contributed by atoms with van der Waals surface area (Å²) in [4.78, 5) is 31.8. The van der Waals surface area contributed by atoms with Crippen LogP contribution in [0.1, 0.15) is 24.5 Å². The lowest BCUT2D eigenvalue weighted by molar-refractivity contribution is -0.133. The molecule has 0 bridgehead atoms. The van der Waals surface area contributed by atoms with Crippen LogP contribution in [0.3, 0.4) is 0 Å². The van der Waals surface area contributed by atoms with Gasteiger partial charge in [0.2, 0.25) is 5.91 Å². The molecule has 1 N–H and O–H groups in total. The van der Waals surface area contributed by atoms with Gasteiger partial charge in [0, 0.05) is 43.3 Å². The van der Waals surface area contributed by atoms with Crippen LogP contribution in [-0.4, -0.2) is 43.6 Å². The van der Waals surface area contributed by atoms with Crippen molar-refractivity contribution in [2.24, 2.45) is 0 Å². The number of hydrogen-bond donors (Lipinski definition) is 1. The van der Waals surface area contributed by atoms with Gasteiger partial charge in [0.25, 0.3) is 0 Å². The van der Waals surface area contributed by atoms with Gasteiger partial charge >= 0.3 is 5.69 Å². The number of nitrogens with zero attached hydrogens (tertiary/aromatic N) is 4. The maximum absolute atomic E-state index is 12.3. The van der Waals surface area contributed by atoms with Crippen molar-refractivity contribution in [1.82, 2.24) is 24.6 Å². The summed E-state index contributed by atoms with van der Waals surface area (Å²) in [5.74, 6) is 0.218. The number of aromatic nitrogens is 4. The number of aromatic amines is 1. The van der Waals surface area contributed by atoms with Crippen LogP contribution < -0.4 is 5.69 Å². The van der Waals surface area contributed by atoms with Gasteiger partial charge in [-0.15, -0.1) is 0 Å². The van der Waals surface area contributed by atoms with Gasteiger partial charge in [-0.25, -0.2) is 9.78 Å². The third-order valence-electron chi connectivity index (χ3n) is 3.77. The average Bonchev–Trinajstić information content (AvgIpc) is 3.00. The first-order valence-corrected chi connectivity index (χ1v) is 7.03. The molecule has 0 unspecified atom stereocenters. The summed E-state index contributed by atoms with van der Waals surface area (Å²) in [6.45, 7) is 1.64. The third kappa shape index (κ3) is 3.18. The number of piperidine rings is 1. The van der Waals surface area contributed by atoms with Crippen molar-refractivity contribution in [2.75, 3.05) is 13.1 Å². The molecule has 7 heteroatoms. The van der Waals surface area contributed by atoms with Crippen molar-refractivity contribution in [3.05, 3.63) is 46.9 Å². The van der Waals surface area contributed by atoms with E-state index in [1.165, 1.54) is 6.20 Å². The molecule has 1 saturated heterocycles. The molecule has 110 valence electrons. The smallest absolute Gasteiger partial charge is 0.340 e. The lowest BCUT2D eigenvalue weighted by Gasteiger charge is -2.32. The maximum atomic E-state index is 12.3. The van der Waals surface area contributed by atoms with E-state index in [1.54, 1.807) is 23.1 Å². The van der Waals surface area contributed by atoms with Crippen LogP contribution in [0.5, 0.6) is 0 Å². The average molecular weight is 287 g/mol. The first-order valence-electron chi connectivity index (χ1n) is 7.03.